The Hall–Kier alpha value is -1.13. The number of phenolic OH excluding ortho intramolecular Hbond substituents is 1. The summed E-state index contributed by atoms with van der Waals surface area (Å²) in [6, 6.07) is 4.92. The Morgan fingerprint density at radius 1 is 1.56 bits per heavy atom. The van der Waals surface area contributed by atoms with Gasteiger partial charge in [0.05, 0.1) is 6.61 Å². The highest BCUT2D eigenvalue weighted by molar-refractivity contribution is 5.27. The number of ether oxygens (including phenoxy) is 1. The molecule has 1 aliphatic heterocycles. The molecule has 16 heavy (non-hydrogen) atoms. The molecule has 88 valence electrons. The molecule has 1 fully saturated rings. The molecule has 1 unspecified atom stereocenters. The first-order valence-electron chi connectivity index (χ1n) is 5.42. The van der Waals surface area contributed by atoms with Crippen molar-refractivity contribution in [3.8, 4) is 5.75 Å². The molecule has 0 aliphatic carbocycles. The van der Waals surface area contributed by atoms with E-state index in [9.17, 15) is 4.39 Å². The summed E-state index contributed by atoms with van der Waals surface area (Å²) in [6.45, 7) is 2.22. The third-order valence-corrected chi connectivity index (χ3v) is 2.97. The average Bonchev–Trinajstić information content (AvgIpc) is 2.77. The minimum absolute atomic E-state index is 0.296. The van der Waals surface area contributed by atoms with Gasteiger partial charge in [0.15, 0.2) is 11.6 Å². The quantitative estimate of drug-likeness (QED) is 0.850. The van der Waals surface area contributed by atoms with Crippen molar-refractivity contribution < 1.29 is 14.2 Å². The summed E-state index contributed by atoms with van der Waals surface area (Å²) in [7, 11) is 2.00. The maximum atomic E-state index is 13.1. The molecule has 0 aromatic heterocycles. The predicted octanol–water partition coefficient (Wildman–Crippen LogP) is 1.75. The lowest BCUT2D eigenvalue weighted by atomic mass is 10.1. The first-order chi connectivity index (χ1) is 7.66. The number of rotatable bonds is 3. The van der Waals surface area contributed by atoms with Gasteiger partial charge in [0.2, 0.25) is 0 Å². The molecular weight excluding hydrogens is 209 g/mol. The van der Waals surface area contributed by atoms with Crippen LogP contribution in [0.2, 0.25) is 0 Å². The Morgan fingerprint density at radius 2 is 2.38 bits per heavy atom. The van der Waals surface area contributed by atoms with Crippen LogP contribution in [0.25, 0.3) is 0 Å². The molecule has 2 rings (SSSR count). The van der Waals surface area contributed by atoms with Crippen molar-refractivity contribution in [2.24, 2.45) is 0 Å². The minimum atomic E-state index is -0.562. The van der Waals surface area contributed by atoms with Gasteiger partial charge in [0.25, 0.3) is 0 Å². The molecule has 0 amide bonds. The summed E-state index contributed by atoms with van der Waals surface area (Å²) in [5.74, 6) is -0.857. The van der Waals surface area contributed by atoms with E-state index in [2.05, 4.69) is 4.90 Å². The number of benzene rings is 1. The highest BCUT2D eigenvalue weighted by atomic mass is 19.1. The Kier molecular flexibility index (Phi) is 3.41. The van der Waals surface area contributed by atoms with Crippen molar-refractivity contribution in [3.63, 3.8) is 0 Å². The molecule has 4 heteroatoms. The van der Waals surface area contributed by atoms with Crippen molar-refractivity contribution in [2.75, 3.05) is 20.3 Å². The van der Waals surface area contributed by atoms with E-state index in [-0.39, 0.29) is 5.75 Å². The van der Waals surface area contributed by atoms with Crippen LogP contribution in [0, 0.1) is 5.82 Å². The Morgan fingerprint density at radius 3 is 3.00 bits per heavy atom. The van der Waals surface area contributed by atoms with Gasteiger partial charge in [-0.3, -0.25) is 4.90 Å². The lowest BCUT2D eigenvalue weighted by Crippen LogP contribution is -2.31. The van der Waals surface area contributed by atoms with Crippen LogP contribution in [-0.2, 0) is 11.3 Å². The van der Waals surface area contributed by atoms with Crippen LogP contribution in [0.4, 0.5) is 4.39 Å². The highest BCUT2D eigenvalue weighted by Crippen LogP contribution is 2.19. The largest absolute Gasteiger partial charge is 0.505 e. The third kappa shape index (κ3) is 2.51. The number of nitrogens with zero attached hydrogens (tertiary/aromatic N) is 1. The van der Waals surface area contributed by atoms with Gasteiger partial charge >= 0.3 is 0 Å². The second kappa shape index (κ2) is 4.80. The van der Waals surface area contributed by atoms with Crippen LogP contribution in [-0.4, -0.2) is 36.3 Å². The molecule has 0 spiro atoms. The van der Waals surface area contributed by atoms with E-state index in [0.29, 0.717) is 12.6 Å². The summed E-state index contributed by atoms with van der Waals surface area (Å²) < 4.78 is 18.4. The summed E-state index contributed by atoms with van der Waals surface area (Å²) in [5, 5.41) is 9.08. The lowest BCUT2D eigenvalue weighted by Gasteiger charge is -2.22. The summed E-state index contributed by atoms with van der Waals surface area (Å²) >= 11 is 0. The van der Waals surface area contributed by atoms with Gasteiger partial charge in [0, 0.05) is 19.2 Å². The van der Waals surface area contributed by atoms with Crippen LogP contribution in [0.3, 0.4) is 0 Å². The molecule has 3 nitrogen and oxygen atoms in total. The van der Waals surface area contributed by atoms with E-state index in [1.165, 1.54) is 12.1 Å². The molecule has 0 saturated carbocycles. The molecule has 0 bridgehead atoms. The zero-order valence-corrected chi connectivity index (χ0v) is 9.32. The van der Waals surface area contributed by atoms with E-state index in [0.717, 1.165) is 25.2 Å². The van der Waals surface area contributed by atoms with Gasteiger partial charge in [0.1, 0.15) is 0 Å². The molecule has 1 N–H and O–H groups in total. The van der Waals surface area contributed by atoms with Crippen LogP contribution < -0.4 is 0 Å². The summed E-state index contributed by atoms with van der Waals surface area (Å²) in [4.78, 5) is 2.15. The molecule has 1 atom stereocenters. The van der Waals surface area contributed by atoms with Gasteiger partial charge in [-0.15, -0.1) is 0 Å². The topological polar surface area (TPSA) is 32.7 Å². The third-order valence-electron chi connectivity index (χ3n) is 2.97. The molecule has 1 aromatic carbocycles. The average molecular weight is 225 g/mol. The van der Waals surface area contributed by atoms with E-state index < -0.39 is 5.82 Å². The Bertz CT molecular complexity index is 364. The van der Waals surface area contributed by atoms with Crippen LogP contribution in [0.15, 0.2) is 18.2 Å². The number of likely N-dealkylation sites (N-methyl/N-ethyl adjacent to an activating group) is 1. The number of hydrogen-bond acceptors (Lipinski definition) is 3. The van der Waals surface area contributed by atoms with E-state index in [1.807, 2.05) is 7.05 Å². The molecular formula is C12H16FNO2. The first-order valence-corrected chi connectivity index (χ1v) is 5.42. The Labute approximate surface area is 94.4 Å². The number of phenols is 1. The SMILES string of the molecule is CN(Cc1ccc(O)c(F)c1)C1CCOC1. The standard InChI is InChI=1S/C12H16FNO2/c1-14(10-4-5-16-8-10)7-9-2-3-12(15)11(13)6-9/h2-3,6,10,15H,4-5,7-8H2,1H3. The van der Waals surface area contributed by atoms with Gasteiger partial charge in [-0.25, -0.2) is 4.39 Å². The van der Waals surface area contributed by atoms with Crippen molar-refractivity contribution in [1.82, 2.24) is 4.90 Å². The van der Waals surface area contributed by atoms with Crippen LogP contribution in [0.1, 0.15) is 12.0 Å². The van der Waals surface area contributed by atoms with Crippen molar-refractivity contribution in [2.45, 2.75) is 19.0 Å². The smallest absolute Gasteiger partial charge is 0.165 e. The second-order valence-electron chi connectivity index (χ2n) is 4.22. The fraction of sp³-hybridized carbons (Fsp3) is 0.500. The van der Waals surface area contributed by atoms with Gasteiger partial charge in [-0.2, -0.15) is 0 Å². The van der Waals surface area contributed by atoms with Gasteiger partial charge < -0.3 is 9.84 Å². The maximum Gasteiger partial charge on any atom is 0.165 e. The van der Waals surface area contributed by atoms with Crippen LogP contribution in [0.5, 0.6) is 5.75 Å². The highest BCUT2D eigenvalue weighted by Gasteiger charge is 2.20. The van der Waals surface area contributed by atoms with Crippen molar-refractivity contribution in [1.29, 1.82) is 0 Å². The number of halogens is 1. The second-order valence-corrected chi connectivity index (χ2v) is 4.22. The van der Waals surface area contributed by atoms with Gasteiger partial charge in [-0.1, -0.05) is 6.07 Å². The normalized spacial score (nSPS) is 20.6. The fourth-order valence-electron chi connectivity index (χ4n) is 1.94. The number of aromatic hydroxyl groups is 1. The fourth-order valence-corrected chi connectivity index (χ4v) is 1.94. The summed E-state index contributed by atoms with van der Waals surface area (Å²) in [5.41, 5.74) is 0.865. The molecule has 0 radical (unpaired) electrons. The lowest BCUT2D eigenvalue weighted by molar-refractivity contribution is 0.156. The zero-order chi connectivity index (χ0) is 11.5. The Balaban J connectivity index is 1.99. The first kappa shape index (κ1) is 11.4. The summed E-state index contributed by atoms with van der Waals surface area (Å²) in [6.07, 6.45) is 1.02. The van der Waals surface area contributed by atoms with Crippen molar-refractivity contribution >= 4 is 0 Å². The minimum Gasteiger partial charge on any atom is -0.505 e. The van der Waals surface area contributed by atoms with E-state index >= 15 is 0 Å². The molecule has 1 aromatic rings. The van der Waals surface area contributed by atoms with Crippen molar-refractivity contribution in [3.05, 3.63) is 29.6 Å². The van der Waals surface area contributed by atoms with E-state index in [1.54, 1.807) is 6.07 Å². The number of hydrogen-bond donors (Lipinski definition) is 1. The van der Waals surface area contributed by atoms with E-state index in [4.69, 9.17) is 9.84 Å². The van der Waals surface area contributed by atoms with Gasteiger partial charge in [-0.05, 0) is 31.2 Å². The zero-order valence-electron chi connectivity index (χ0n) is 9.32. The maximum absolute atomic E-state index is 13.1. The molecule has 1 saturated heterocycles. The monoisotopic (exact) mass is 225 g/mol. The molecule has 1 aliphatic rings. The molecule has 1 heterocycles. The van der Waals surface area contributed by atoms with Crippen LogP contribution >= 0.6 is 0 Å². The predicted molar refractivity (Wildman–Crippen MR) is 58.8 cm³/mol.